The van der Waals surface area contributed by atoms with E-state index in [2.05, 4.69) is 0 Å². The lowest BCUT2D eigenvalue weighted by Crippen LogP contribution is -2.34. The summed E-state index contributed by atoms with van der Waals surface area (Å²) in [6.45, 7) is 1.04. The largest absolute Gasteiger partial charge is 0.361 e. The van der Waals surface area contributed by atoms with Crippen LogP contribution in [0.15, 0.2) is 0 Å². The predicted molar refractivity (Wildman–Crippen MR) is 28.2 cm³/mol. The van der Waals surface area contributed by atoms with Gasteiger partial charge in [0.1, 0.15) is 6.73 Å². The summed E-state index contributed by atoms with van der Waals surface area (Å²) in [5.41, 5.74) is 0. The molecule has 0 aliphatic carbocycles. The molecule has 1 rings (SSSR count). The Kier molecular flexibility index (Phi) is 1.48. The third-order valence-electron chi connectivity index (χ3n) is 1.17. The fourth-order valence-electron chi connectivity index (χ4n) is 0.624. The molecule has 0 N–H and O–H groups in total. The highest BCUT2D eigenvalue weighted by Crippen LogP contribution is 1.98. The minimum atomic E-state index is 0.177. The van der Waals surface area contributed by atoms with E-state index in [0.29, 0.717) is 19.8 Å². The molecule has 0 unspecified atom stereocenters. The van der Waals surface area contributed by atoms with Crippen LogP contribution in [-0.2, 0) is 9.53 Å². The monoisotopic (exact) mass is 115 g/mol. The Bertz CT molecular complexity index is 103. The van der Waals surface area contributed by atoms with E-state index in [4.69, 9.17) is 4.74 Å². The van der Waals surface area contributed by atoms with Crippen LogP contribution in [0.25, 0.3) is 0 Å². The van der Waals surface area contributed by atoms with Crippen molar-refractivity contribution in [2.24, 2.45) is 0 Å². The number of amides is 1. The molecule has 3 nitrogen and oxygen atoms in total. The Hall–Kier alpha value is -0.570. The van der Waals surface area contributed by atoms with Crippen LogP contribution in [-0.4, -0.2) is 31.2 Å². The molecule has 0 radical (unpaired) electrons. The molecule has 0 spiro atoms. The normalized spacial score (nSPS) is 21.6. The highest BCUT2D eigenvalue weighted by atomic mass is 16.5. The van der Waals surface area contributed by atoms with Gasteiger partial charge in [-0.05, 0) is 0 Å². The molecule has 1 heterocycles. The van der Waals surface area contributed by atoms with Gasteiger partial charge >= 0.3 is 0 Å². The zero-order valence-corrected chi connectivity index (χ0v) is 4.89. The number of carbonyl (C=O) groups excluding carboxylic acids is 1. The van der Waals surface area contributed by atoms with Crippen LogP contribution in [0.4, 0.5) is 0 Å². The first-order chi connectivity index (χ1) is 3.80. The van der Waals surface area contributed by atoms with Gasteiger partial charge in [-0.15, -0.1) is 0 Å². The van der Waals surface area contributed by atoms with Crippen molar-refractivity contribution in [3.05, 3.63) is 0 Å². The van der Waals surface area contributed by atoms with Crippen molar-refractivity contribution in [1.82, 2.24) is 4.90 Å². The van der Waals surface area contributed by atoms with Crippen LogP contribution in [0.3, 0.4) is 0 Å². The van der Waals surface area contributed by atoms with Crippen molar-refractivity contribution >= 4 is 5.91 Å². The van der Waals surface area contributed by atoms with Gasteiger partial charge in [-0.1, -0.05) is 0 Å². The zero-order chi connectivity index (χ0) is 5.98. The molecular weight excluding hydrogens is 106 g/mol. The van der Waals surface area contributed by atoms with E-state index in [0.717, 1.165) is 0 Å². The van der Waals surface area contributed by atoms with Gasteiger partial charge in [0.05, 0.1) is 13.0 Å². The second kappa shape index (κ2) is 2.13. The number of carbonyl (C=O) groups is 1. The van der Waals surface area contributed by atoms with E-state index < -0.39 is 0 Å². The molecule has 1 fully saturated rings. The first-order valence-corrected chi connectivity index (χ1v) is 2.62. The Morgan fingerprint density at radius 3 is 2.88 bits per heavy atom. The van der Waals surface area contributed by atoms with Gasteiger partial charge in [0.25, 0.3) is 0 Å². The predicted octanol–water partition coefficient (Wildman–Crippen LogP) is -0.177. The third kappa shape index (κ3) is 0.980. The van der Waals surface area contributed by atoms with Gasteiger partial charge in [0.2, 0.25) is 5.91 Å². The molecule has 0 saturated carbocycles. The molecule has 0 aromatic heterocycles. The van der Waals surface area contributed by atoms with Gasteiger partial charge in [-0.25, -0.2) is 0 Å². The summed E-state index contributed by atoms with van der Waals surface area (Å²) >= 11 is 0. The summed E-state index contributed by atoms with van der Waals surface area (Å²) < 4.78 is 4.96. The Labute approximate surface area is 48.2 Å². The van der Waals surface area contributed by atoms with Gasteiger partial charge < -0.3 is 9.64 Å². The molecule has 1 aliphatic heterocycles. The van der Waals surface area contributed by atoms with Crippen molar-refractivity contribution in [1.29, 1.82) is 0 Å². The van der Waals surface area contributed by atoms with Crippen LogP contribution in [0.5, 0.6) is 0 Å². The summed E-state index contributed by atoms with van der Waals surface area (Å²) in [4.78, 5) is 12.2. The lowest BCUT2D eigenvalue weighted by molar-refractivity contribution is -0.142. The minimum absolute atomic E-state index is 0.177. The van der Waals surface area contributed by atoms with Crippen molar-refractivity contribution in [2.45, 2.75) is 6.42 Å². The quantitative estimate of drug-likeness (QED) is 0.438. The Morgan fingerprint density at radius 1 is 1.75 bits per heavy atom. The Morgan fingerprint density at radius 2 is 2.50 bits per heavy atom. The van der Waals surface area contributed by atoms with E-state index in [-0.39, 0.29) is 5.91 Å². The lowest BCUT2D eigenvalue weighted by Gasteiger charge is -2.21. The molecule has 1 aliphatic rings. The average Bonchev–Trinajstić information content (AvgIpc) is 1.77. The number of nitrogens with zero attached hydrogens (tertiary/aromatic N) is 1. The molecule has 0 bridgehead atoms. The van der Waals surface area contributed by atoms with E-state index in [1.807, 2.05) is 0 Å². The smallest absolute Gasteiger partial charge is 0.226 e. The van der Waals surface area contributed by atoms with Crippen LogP contribution in [0.2, 0.25) is 0 Å². The van der Waals surface area contributed by atoms with E-state index >= 15 is 0 Å². The van der Waals surface area contributed by atoms with Crippen molar-refractivity contribution < 1.29 is 9.53 Å². The summed E-state index contributed by atoms with van der Waals surface area (Å²) in [5.74, 6) is 0.177. The van der Waals surface area contributed by atoms with Crippen molar-refractivity contribution in [2.75, 3.05) is 20.4 Å². The molecule has 46 valence electrons. The van der Waals surface area contributed by atoms with E-state index in [9.17, 15) is 4.79 Å². The maximum Gasteiger partial charge on any atom is 0.226 e. The van der Waals surface area contributed by atoms with Crippen molar-refractivity contribution in [3.8, 4) is 0 Å². The minimum Gasteiger partial charge on any atom is -0.361 e. The lowest BCUT2D eigenvalue weighted by atomic mass is 10.4. The van der Waals surface area contributed by atoms with Gasteiger partial charge in [-0.3, -0.25) is 4.79 Å². The highest BCUT2D eigenvalue weighted by Gasteiger charge is 2.12. The topological polar surface area (TPSA) is 29.5 Å². The van der Waals surface area contributed by atoms with Crippen LogP contribution < -0.4 is 0 Å². The van der Waals surface area contributed by atoms with E-state index in [1.54, 1.807) is 11.9 Å². The first-order valence-electron chi connectivity index (χ1n) is 2.62. The summed E-state index contributed by atoms with van der Waals surface area (Å²) in [5, 5.41) is 0. The van der Waals surface area contributed by atoms with Crippen LogP contribution in [0, 0.1) is 0 Å². The molecule has 0 aromatic rings. The second-order valence-corrected chi connectivity index (χ2v) is 1.88. The summed E-state index contributed by atoms with van der Waals surface area (Å²) in [6.07, 6.45) is 0.538. The maximum atomic E-state index is 10.6. The molecule has 0 atom stereocenters. The molecular formula is C5H9NO2. The van der Waals surface area contributed by atoms with Gasteiger partial charge in [0.15, 0.2) is 0 Å². The number of ether oxygens (including phenoxy) is 1. The molecule has 3 heteroatoms. The van der Waals surface area contributed by atoms with Crippen LogP contribution >= 0.6 is 0 Å². The first kappa shape index (κ1) is 5.56. The highest BCUT2D eigenvalue weighted by molar-refractivity contribution is 5.76. The van der Waals surface area contributed by atoms with Crippen LogP contribution in [0.1, 0.15) is 6.42 Å². The molecule has 1 saturated heterocycles. The Balaban J connectivity index is 2.39. The van der Waals surface area contributed by atoms with E-state index in [1.165, 1.54) is 0 Å². The standard InChI is InChI=1S/C5H9NO2/c1-6-4-8-3-2-5(6)7/h2-4H2,1H3. The molecule has 8 heavy (non-hydrogen) atoms. The fourth-order valence-corrected chi connectivity index (χ4v) is 0.624. The number of rotatable bonds is 0. The zero-order valence-electron chi connectivity index (χ0n) is 4.89. The van der Waals surface area contributed by atoms with Crippen molar-refractivity contribution in [3.63, 3.8) is 0 Å². The average molecular weight is 115 g/mol. The molecule has 1 amide bonds. The summed E-state index contributed by atoms with van der Waals surface area (Å²) in [6, 6.07) is 0. The maximum absolute atomic E-state index is 10.6. The third-order valence-corrected chi connectivity index (χ3v) is 1.17. The summed E-state index contributed by atoms with van der Waals surface area (Å²) in [7, 11) is 1.74. The van der Waals surface area contributed by atoms with Gasteiger partial charge in [-0.2, -0.15) is 0 Å². The SMILES string of the molecule is CN1COCCC1=O. The fraction of sp³-hybridized carbons (Fsp3) is 0.800. The number of hydrogen-bond donors (Lipinski definition) is 0. The number of hydrogen-bond acceptors (Lipinski definition) is 2. The van der Waals surface area contributed by atoms with Gasteiger partial charge in [0, 0.05) is 7.05 Å². The second-order valence-electron chi connectivity index (χ2n) is 1.88. The molecule has 0 aromatic carbocycles.